The molecule has 1 aromatic carbocycles. The second-order valence-electron chi connectivity index (χ2n) is 6.47. The summed E-state index contributed by atoms with van der Waals surface area (Å²) in [6.45, 7) is 1.32. The van der Waals surface area contributed by atoms with Gasteiger partial charge in [0, 0.05) is 26.8 Å². The van der Waals surface area contributed by atoms with Crippen molar-refractivity contribution in [2.24, 2.45) is 12.0 Å². The van der Waals surface area contributed by atoms with E-state index in [-0.39, 0.29) is 24.0 Å². The first-order valence-corrected chi connectivity index (χ1v) is 9.38. The summed E-state index contributed by atoms with van der Waals surface area (Å²) in [6.07, 6.45) is 3.19. The van der Waals surface area contributed by atoms with E-state index in [9.17, 15) is 5.26 Å². The summed E-state index contributed by atoms with van der Waals surface area (Å²) in [4.78, 5) is 4.23. The van der Waals surface area contributed by atoms with Crippen LogP contribution in [0.5, 0.6) is 0 Å². The van der Waals surface area contributed by atoms with Crippen molar-refractivity contribution in [2.75, 3.05) is 19.3 Å². The molecular weight excluding hydrogens is 493 g/mol. The minimum absolute atomic E-state index is 0. The molecule has 0 atom stereocenters. The van der Waals surface area contributed by atoms with Crippen LogP contribution in [0.1, 0.15) is 23.4 Å². The van der Waals surface area contributed by atoms with Crippen molar-refractivity contribution in [3.63, 3.8) is 0 Å². The highest BCUT2D eigenvalue weighted by atomic mass is 127. The number of anilines is 1. The molecule has 3 aromatic rings. The Morgan fingerprint density at radius 2 is 2.00 bits per heavy atom. The number of nitrogens with zero attached hydrogens (tertiary/aromatic N) is 6. The predicted molar refractivity (Wildman–Crippen MR) is 128 cm³/mol. The van der Waals surface area contributed by atoms with Crippen molar-refractivity contribution in [2.45, 2.75) is 19.4 Å². The van der Waals surface area contributed by atoms with Gasteiger partial charge in [0.25, 0.3) is 0 Å². The van der Waals surface area contributed by atoms with E-state index in [4.69, 9.17) is 5.73 Å². The minimum atomic E-state index is 0. The number of nitrogens with one attached hydrogen (secondary N) is 2. The largest absolute Gasteiger partial charge is 0.382 e. The van der Waals surface area contributed by atoms with Crippen molar-refractivity contribution in [1.82, 2.24) is 30.2 Å². The molecule has 30 heavy (non-hydrogen) atoms. The van der Waals surface area contributed by atoms with E-state index in [1.54, 1.807) is 17.9 Å². The molecule has 0 radical (unpaired) electrons. The van der Waals surface area contributed by atoms with Crippen LogP contribution in [0.3, 0.4) is 0 Å². The molecule has 0 amide bonds. The summed E-state index contributed by atoms with van der Waals surface area (Å²) >= 11 is 0. The number of aliphatic imine (C=N–C) groups is 1. The van der Waals surface area contributed by atoms with Crippen LogP contribution in [0, 0.1) is 11.3 Å². The molecule has 9 nitrogen and oxygen atoms in total. The Balaban J connectivity index is 0.00000320. The maximum atomic E-state index is 9.49. The highest BCUT2D eigenvalue weighted by Gasteiger charge is 2.16. The lowest BCUT2D eigenvalue weighted by atomic mass is 10.1. The van der Waals surface area contributed by atoms with Gasteiger partial charge in [0.1, 0.15) is 17.5 Å². The first kappa shape index (κ1) is 23.2. The third kappa shape index (κ3) is 5.50. The van der Waals surface area contributed by atoms with Crippen molar-refractivity contribution < 1.29 is 0 Å². The monoisotopic (exact) mass is 519 g/mol. The number of hydrogen-bond donors (Lipinski definition) is 3. The number of para-hydroxylation sites is 1. The quantitative estimate of drug-likeness (QED) is 0.190. The van der Waals surface area contributed by atoms with Crippen LogP contribution in [0.4, 0.5) is 5.82 Å². The van der Waals surface area contributed by atoms with E-state index in [0.717, 1.165) is 17.8 Å². The van der Waals surface area contributed by atoms with Gasteiger partial charge in [0.2, 0.25) is 0 Å². The molecule has 0 aliphatic heterocycles. The van der Waals surface area contributed by atoms with E-state index in [2.05, 4.69) is 31.9 Å². The van der Waals surface area contributed by atoms with Crippen LogP contribution in [-0.4, -0.2) is 39.1 Å². The number of hydrogen-bond acceptors (Lipinski definition) is 5. The Bertz CT molecular complexity index is 1010. The lowest BCUT2D eigenvalue weighted by Crippen LogP contribution is -2.37. The number of nitrogens with two attached hydrogens (primary N) is 1. The van der Waals surface area contributed by atoms with E-state index in [1.165, 1.54) is 0 Å². The van der Waals surface area contributed by atoms with Crippen LogP contribution >= 0.6 is 24.0 Å². The SMILES string of the molecule is CN=C(NCCCc1nn(-c2ccccc2)c(N)c1C#N)NCc1ccnn1C.I. The molecule has 158 valence electrons. The van der Waals surface area contributed by atoms with Crippen LogP contribution in [-0.2, 0) is 20.0 Å². The molecule has 4 N–H and O–H groups in total. The van der Waals surface area contributed by atoms with Crippen LogP contribution in [0.15, 0.2) is 47.6 Å². The number of nitriles is 1. The number of nitrogen functional groups attached to an aromatic ring is 1. The van der Waals surface area contributed by atoms with Gasteiger partial charge < -0.3 is 16.4 Å². The average molecular weight is 519 g/mol. The Morgan fingerprint density at radius 1 is 1.23 bits per heavy atom. The molecule has 0 saturated heterocycles. The fourth-order valence-electron chi connectivity index (χ4n) is 2.97. The van der Waals surface area contributed by atoms with Gasteiger partial charge in [-0.15, -0.1) is 24.0 Å². The van der Waals surface area contributed by atoms with Gasteiger partial charge in [-0.05, 0) is 31.0 Å². The van der Waals surface area contributed by atoms with Gasteiger partial charge in [-0.2, -0.15) is 15.5 Å². The van der Waals surface area contributed by atoms with Crippen molar-refractivity contribution in [3.8, 4) is 11.8 Å². The molecule has 0 unspecified atom stereocenters. The van der Waals surface area contributed by atoms with Gasteiger partial charge in [0.05, 0.1) is 23.6 Å². The Morgan fingerprint density at radius 3 is 2.63 bits per heavy atom. The molecule has 0 bridgehead atoms. The van der Waals surface area contributed by atoms with Crippen LogP contribution < -0.4 is 16.4 Å². The second-order valence-corrected chi connectivity index (χ2v) is 6.47. The topological polar surface area (TPSA) is 122 Å². The maximum Gasteiger partial charge on any atom is 0.191 e. The molecule has 0 spiro atoms. The maximum absolute atomic E-state index is 9.49. The number of benzene rings is 1. The number of halogens is 1. The molecule has 3 rings (SSSR count). The van der Waals surface area contributed by atoms with Gasteiger partial charge in [0.15, 0.2) is 5.96 Å². The van der Waals surface area contributed by atoms with E-state index in [0.29, 0.717) is 42.5 Å². The van der Waals surface area contributed by atoms with Crippen molar-refractivity contribution in [1.29, 1.82) is 5.26 Å². The van der Waals surface area contributed by atoms with Gasteiger partial charge in [-0.25, -0.2) is 4.68 Å². The summed E-state index contributed by atoms with van der Waals surface area (Å²) in [7, 11) is 3.63. The Hall–Kier alpha value is -3.07. The highest BCUT2D eigenvalue weighted by molar-refractivity contribution is 14.0. The highest BCUT2D eigenvalue weighted by Crippen LogP contribution is 2.21. The normalized spacial score (nSPS) is 10.9. The summed E-state index contributed by atoms with van der Waals surface area (Å²) in [5.74, 6) is 1.08. The van der Waals surface area contributed by atoms with Gasteiger partial charge in [-0.1, -0.05) is 18.2 Å². The third-order valence-electron chi connectivity index (χ3n) is 4.57. The number of guanidine groups is 1. The van der Waals surface area contributed by atoms with E-state index < -0.39 is 0 Å². The van der Waals surface area contributed by atoms with E-state index >= 15 is 0 Å². The smallest absolute Gasteiger partial charge is 0.191 e. The zero-order valence-electron chi connectivity index (χ0n) is 17.0. The number of rotatable bonds is 7. The standard InChI is InChI=1S/C20H25N9.HI/c1-23-20(25-14-16-10-12-26-28(16)2)24-11-6-9-18-17(13-21)19(22)29(27-18)15-7-4-3-5-8-15;/h3-5,7-8,10,12H,6,9,11,14,22H2,1-2H3,(H2,23,24,25);1H. The summed E-state index contributed by atoms with van der Waals surface area (Å²) in [5, 5.41) is 24.7. The summed E-state index contributed by atoms with van der Waals surface area (Å²) in [5.41, 5.74) is 9.19. The fraction of sp³-hybridized carbons (Fsp3) is 0.300. The first-order chi connectivity index (χ1) is 14.1. The summed E-state index contributed by atoms with van der Waals surface area (Å²) < 4.78 is 3.44. The molecule has 0 aliphatic rings. The second kappa shape index (κ2) is 11.2. The van der Waals surface area contributed by atoms with E-state index in [1.807, 2.05) is 48.1 Å². The molecule has 2 aromatic heterocycles. The molecule has 10 heteroatoms. The molecule has 0 aliphatic carbocycles. The number of aryl methyl sites for hydroxylation is 2. The average Bonchev–Trinajstić information content (AvgIpc) is 3.30. The van der Waals surface area contributed by atoms with Gasteiger partial charge >= 0.3 is 0 Å². The van der Waals surface area contributed by atoms with Crippen molar-refractivity contribution in [3.05, 3.63) is 59.5 Å². The molecule has 0 saturated carbocycles. The lowest BCUT2D eigenvalue weighted by molar-refractivity contribution is 0.677. The Kier molecular flexibility index (Phi) is 8.67. The molecular formula is C20H26IN9. The van der Waals surface area contributed by atoms with Crippen LogP contribution in [0.2, 0.25) is 0 Å². The lowest BCUT2D eigenvalue weighted by Gasteiger charge is -2.11. The first-order valence-electron chi connectivity index (χ1n) is 9.38. The zero-order chi connectivity index (χ0) is 20.6. The van der Waals surface area contributed by atoms with Gasteiger partial charge in [-0.3, -0.25) is 9.67 Å². The zero-order valence-corrected chi connectivity index (χ0v) is 19.4. The third-order valence-corrected chi connectivity index (χ3v) is 4.57. The fourth-order valence-corrected chi connectivity index (χ4v) is 2.97. The predicted octanol–water partition coefficient (Wildman–Crippen LogP) is 1.98. The molecule has 2 heterocycles. The number of aromatic nitrogens is 4. The molecule has 0 fully saturated rings. The Labute approximate surface area is 193 Å². The van der Waals surface area contributed by atoms with Crippen molar-refractivity contribution >= 4 is 35.8 Å². The van der Waals surface area contributed by atoms with Crippen LogP contribution in [0.25, 0.3) is 5.69 Å². The summed E-state index contributed by atoms with van der Waals surface area (Å²) in [6, 6.07) is 13.7. The minimum Gasteiger partial charge on any atom is -0.382 e.